The van der Waals surface area contributed by atoms with E-state index in [1.54, 1.807) is 12.1 Å². The van der Waals surface area contributed by atoms with Crippen molar-refractivity contribution in [1.82, 2.24) is 10.2 Å². The van der Waals surface area contributed by atoms with Crippen LogP contribution in [0.4, 0.5) is 0 Å². The molecular weight excluding hydrogens is 260 g/mol. The third-order valence-electron chi connectivity index (χ3n) is 2.25. The lowest BCUT2D eigenvalue weighted by molar-refractivity contribution is 0.214. The van der Waals surface area contributed by atoms with Gasteiger partial charge in [0.2, 0.25) is 0 Å². The van der Waals surface area contributed by atoms with E-state index in [1.165, 1.54) is 26.6 Å². The second-order valence-electron chi connectivity index (χ2n) is 3.47. The predicted molar refractivity (Wildman–Crippen MR) is 69.7 cm³/mol. The molecule has 0 aliphatic carbocycles. The first-order chi connectivity index (χ1) is 9.76. The van der Waals surface area contributed by atoms with E-state index in [0.29, 0.717) is 11.4 Å². The number of nitriles is 2. The van der Waals surface area contributed by atoms with Crippen LogP contribution in [0.5, 0.6) is 0 Å². The average molecular weight is 272 g/mol. The summed E-state index contributed by atoms with van der Waals surface area (Å²) in [5, 5.41) is 32.9. The Bertz CT molecular complexity index is 504. The molecule has 0 saturated carbocycles. The lowest BCUT2D eigenvalue weighted by Gasteiger charge is -2.04. The molecule has 8 nitrogen and oxygen atoms in total. The average Bonchev–Trinajstić information content (AvgIpc) is 2.50. The van der Waals surface area contributed by atoms with Gasteiger partial charge in [-0.25, -0.2) is 0 Å². The van der Waals surface area contributed by atoms with Crippen LogP contribution in [0, 0.1) is 22.7 Å². The second-order valence-corrected chi connectivity index (χ2v) is 3.47. The molecule has 2 atom stereocenters. The van der Waals surface area contributed by atoms with Crippen LogP contribution in [0.15, 0.2) is 22.4 Å². The van der Waals surface area contributed by atoms with E-state index >= 15 is 0 Å². The Morgan fingerprint density at radius 2 is 1.40 bits per heavy atom. The molecule has 0 aliphatic rings. The Morgan fingerprint density at radius 3 is 1.65 bits per heavy atom. The first-order valence-corrected chi connectivity index (χ1v) is 5.52. The van der Waals surface area contributed by atoms with E-state index in [0.717, 1.165) is 0 Å². The van der Waals surface area contributed by atoms with Gasteiger partial charge in [-0.2, -0.15) is 20.7 Å². The highest BCUT2D eigenvalue weighted by Gasteiger charge is 2.14. The van der Waals surface area contributed by atoms with Gasteiger partial charge in [-0.1, -0.05) is 10.3 Å². The van der Waals surface area contributed by atoms with Gasteiger partial charge in [-0.3, -0.25) is 0 Å². The Hall–Kier alpha value is -3.00. The highest BCUT2D eigenvalue weighted by Crippen LogP contribution is 2.13. The van der Waals surface area contributed by atoms with Gasteiger partial charge in [-0.05, 0) is 12.1 Å². The lowest BCUT2D eigenvalue weighted by atomic mass is 10.1. The molecule has 0 spiro atoms. The third kappa shape index (κ3) is 4.03. The van der Waals surface area contributed by atoms with Crippen molar-refractivity contribution in [2.45, 2.75) is 11.8 Å². The number of hydrogen-bond acceptors (Lipinski definition) is 8. The third-order valence-corrected chi connectivity index (χ3v) is 2.25. The summed E-state index contributed by atoms with van der Waals surface area (Å²) in [6, 6.07) is 7.21. The molecule has 1 rings (SSSR count). The zero-order valence-corrected chi connectivity index (χ0v) is 11.0. The van der Waals surface area contributed by atoms with E-state index in [2.05, 4.69) is 30.2 Å². The fraction of sp³-hybridized carbons (Fsp3) is 0.333. The van der Waals surface area contributed by atoms with Crippen molar-refractivity contribution in [2.24, 2.45) is 10.3 Å². The molecule has 0 N–H and O–H groups in total. The summed E-state index contributed by atoms with van der Waals surface area (Å²) in [7, 11) is 2.76. The minimum Gasteiger partial charge on any atom is -0.399 e. The molecule has 0 fully saturated rings. The van der Waals surface area contributed by atoms with E-state index in [-0.39, 0.29) is 0 Å². The van der Waals surface area contributed by atoms with Crippen LogP contribution in [0.2, 0.25) is 0 Å². The van der Waals surface area contributed by atoms with Crippen LogP contribution in [-0.4, -0.2) is 36.8 Å². The van der Waals surface area contributed by atoms with E-state index in [9.17, 15) is 0 Å². The summed E-state index contributed by atoms with van der Waals surface area (Å²) in [4.78, 5) is 9.03. The molecule has 8 heteroatoms. The fourth-order valence-corrected chi connectivity index (χ4v) is 1.28. The maximum absolute atomic E-state index is 8.99. The second kappa shape index (κ2) is 8.16. The molecule has 0 radical (unpaired) electrons. The molecule has 0 aromatic carbocycles. The first-order valence-electron chi connectivity index (χ1n) is 5.52. The number of hydrogen-bond donors (Lipinski definition) is 0. The van der Waals surface area contributed by atoms with Crippen molar-refractivity contribution >= 4 is 12.4 Å². The van der Waals surface area contributed by atoms with Crippen molar-refractivity contribution < 1.29 is 9.68 Å². The van der Waals surface area contributed by atoms with Gasteiger partial charge < -0.3 is 9.68 Å². The van der Waals surface area contributed by atoms with Crippen LogP contribution >= 0.6 is 0 Å². The smallest absolute Gasteiger partial charge is 0.129 e. The monoisotopic (exact) mass is 272 g/mol. The Balaban J connectivity index is 2.93. The van der Waals surface area contributed by atoms with Crippen molar-refractivity contribution in [2.75, 3.05) is 14.2 Å². The normalized spacial score (nSPS) is 13.6. The fourth-order valence-electron chi connectivity index (χ4n) is 1.28. The largest absolute Gasteiger partial charge is 0.399 e. The first kappa shape index (κ1) is 15.1. The van der Waals surface area contributed by atoms with Gasteiger partial charge in [0, 0.05) is 0 Å². The van der Waals surface area contributed by atoms with Crippen molar-refractivity contribution in [3.63, 3.8) is 0 Å². The van der Waals surface area contributed by atoms with Crippen molar-refractivity contribution in [1.29, 1.82) is 10.5 Å². The molecule has 1 heterocycles. The molecular formula is C12H12N6O2. The lowest BCUT2D eigenvalue weighted by Crippen LogP contribution is -2.07. The number of nitrogens with zero attached hydrogens (tertiary/aromatic N) is 6. The Kier molecular flexibility index (Phi) is 6.15. The zero-order chi connectivity index (χ0) is 14.8. The minimum absolute atomic E-state index is 0.414. The van der Waals surface area contributed by atoms with Gasteiger partial charge in [-0.15, -0.1) is 0 Å². The van der Waals surface area contributed by atoms with Crippen LogP contribution in [0.1, 0.15) is 23.2 Å². The van der Waals surface area contributed by atoms with Crippen LogP contribution in [0.3, 0.4) is 0 Å². The molecule has 0 saturated heterocycles. The van der Waals surface area contributed by atoms with E-state index in [1.807, 2.05) is 12.1 Å². The predicted octanol–water partition coefficient (Wildman–Crippen LogP) is 0.955. The van der Waals surface area contributed by atoms with Gasteiger partial charge in [0.1, 0.15) is 26.1 Å². The highest BCUT2D eigenvalue weighted by atomic mass is 16.6. The van der Waals surface area contributed by atoms with Crippen LogP contribution < -0.4 is 0 Å². The van der Waals surface area contributed by atoms with Crippen LogP contribution in [0.25, 0.3) is 0 Å². The highest BCUT2D eigenvalue weighted by molar-refractivity contribution is 5.71. The number of rotatable bonds is 6. The summed E-state index contributed by atoms with van der Waals surface area (Å²) in [6.07, 6.45) is 2.63. The summed E-state index contributed by atoms with van der Waals surface area (Å²) in [6.45, 7) is 0. The van der Waals surface area contributed by atoms with E-state index in [4.69, 9.17) is 10.5 Å². The molecule has 102 valence electrons. The summed E-state index contributed by atoms with van der Waals surface area (Å²) in [5.41, 5.74) is 0.829. The van der Waals surface area contributed by atoms with Gasteiger partial charge in [0.05, 0.1) is 36.0 Å². The minimum atomic E-state index is -0.662. The van der Waals surface area contributed by atoms with E-state index < -0.39 is 11.8 Å². The molecule has 1 aromatic heterocycles. The SMILES string of the molecule is CO/N=C\[C@H](C#N)c1ccc([C@@H](C#N)/C=N\OC)nn1. The summed E-state index contributed by atoms with van der Waals surface area (Å²) >= 11 is 0. The maximum atomic E-state index is 8.99. The zero-order valence-electron chi connectivity index (χ0n) is 11.0. The number of aromatic nitrogens is 2. The van der Waals surface area contributed by atoms with Crippen molar-refractivity contribution in [3.8, 4) is 12.1 Å². The molecule has 0 aliphatic heterocycles. The molecule has 0 unspecified atom stereocenters. The molecule has 0 bridgehead atoms. The van der Waals surface area contributed by atoms with Crippen molar-refractivity contribution in [3.05, 3.63) is 23.5 Å². The Morgan fingerprint density at radius 1 is 1.00 bits per heavy atom. The standard InChI is InChI=1S/C12H12N6O2/c1-19-15-7-9(5-13)11-3-4-12(18-17-11)10(6-14)8-16-20-2/h3-4,7-10H,1-2H3/b15-7-,16-8-/t9-,10-/m0/s1. The van der Waals surface area contributed by atoms with Gasteiger partial charge in [0.25, 0.3) is 0 Å². The summed E-state index contributed by atoms with van der Waals surface area (Å²) in [5.74, 6) is -1.32. The summed E-state index contributed by atoms with van der Waals surface area (Å²) < 4.78 is 0. The maximum Gasteiger partial charge on any atom is 0.129 e. The molecule has 1 aromatic rings. The molecule has 0 amide bonds. The quantitative estimate of drug-likeness (QED) is 0.562. The Labute approximate surface area is 115 Å². The topological polar surface area (TPSA) is 117 Å². The van der Waals surface area contributed by atoms with Crippen LogP contribution in [-0.2, 0) is 9.68 Å². The van der Waals surface area contributed by atoms with Gasteiger partial charge >= 0.3 is 0 Å². The molecule has 20 heavy (non-hydrogen) atoms. The number of oxime groups is 2. The van der Waals surface area contributed by atoms with Gasteiger partial charge in [0.15, 0.2) is 0 Å².